The lowest BCUT2D eigenvalue weighted by Crippen LogP contribution is -1.40. The second-order valence-electron chi connectivity index (χ2n) is 1.05. The van der Waals surface area contributed by atoms with Crippen LogP contribution in [0.2, 0.25) is 0 Å². The maximum Gasteiger partial charge on any atom is -0.0467 e. The standard InChI is InChI=1S/C6H10.C2H6.C2H4/c1-3-5-6-4-2;2*1-2/h3-6H,1-2H3;1-2H3;1-2H2/b5-3-,6-4-;;. The molecule has 0 amide bonds. The van der Waals surface area contributed by atoms with Crippen LogP contribution in [0.4, 0.5) is 0 Å². The van der Waals surface area contributed by atoms with Crippen LogP contribution in [0, 0.1) is 0 Å². The molecule has 0 N–H and O–H groups in total. The molecule has 0 saturated carbocycles. The van der Waals surface area contributed by atoms with Crippen molar-refractivity contribution in [1.29, 1.82) is 0 Å². The van der Waals surface area contributed by atoms with Gasteiger partial charge in [0.05, 0.1) is 0 Å². The van der Waals surface area contributed by atoms with Crippen molar-refractivity contribution >= 4 is 0 Å². The molecule has 0 nitrogen and oxygen atoms in total. The number of allylic oxidation sites excluding steroid dienone is 4. The van der Waals surface area contributed by atoms with Crippen LogP contribution >= 0.6 is 0 Å². The molecule has 0 aliphatic rings. The first kappa shape index (κ1) is 16.1. The number of hydrogen-bond donors (Lipinski definition) is 0. The highest BCUT2D eigenvalue weighted by Crippen LogP contribution is 1.71. The van der Waals surface area contributed by atoms with Crippen LogP contribution in [0.5, 0.6) is 0 Å². The Hall–Kier alpha value is -0.780. The van der Waals surface area contributed by atoms with Gasteiger partial charge in [0.1, 0.15) is 0 Å². The predicted octanol–water partition coefficient (Wildman–Crippen LogP) is 3.97. The number of rotatable bonds is 1. The van der Waals surface area contributed by atoms with Crippen LogP contribution in [0.1, 0.15) is 27.7 Å². The summed E-state index contributed by atoms with van der Waals surface area (Å²) in [6.45, 7) is 14.0. The first-order chi connectivity index (χ1) is 4.91. The summed E-state index contributed by atoms with van der Waals surface area (Å²) in [5.41, 5.74) is 0. The van der Waals surface area contributed by atoms with Gasteiger partial charge in [-0.25, -0.2) is 0 Å². The summed E-state index contributed by atoms with van der Waals surface area (Å²) in [7, 11) is 0. The van der Waals surface area contributed by atoms with E-state index in [4.69, 9.17) is 0 Å². The predicted molar refractivity (Wildman–Crippen MR) is 52.2 cm³/mol. The summed E-state index contributed by atoms with van der Waals surface area (Å²) >= 11 is 0. The lowest BCUT2D eigenvalue weighted by atomic mass is 10.5. The molecule has 0 aliphatic heterocycles. The molecule has 0 heteroatoms. The fourth-order valence-corrected chi connectivity index (χ4v) is 0.222. The van der Waals surface area contributed by atoms with Gasteiger partial charge in [-0.3, -0.25) is 0 Å². The molecule has 0 bridgehead atoms. The van der Waals surface area contributed by atoms with Crippen molar-refractivity contribution in [3.05, 3.63) is 37.5 Å². The van der Waals surface area contributed by atoms with Gasteiger partial charge in [-0.15, -0.1) is 13.2 Å². The van der Waals surface area contributed by atoms with Gasteiger partial charge in [-0.2, -0.15) is 0 Å². The Morgan fingerprint density at radius 2 is 1.00 bits per heavy atom. The fourth-order valence-electron chi connectivity index (χ4n) is 0.222. The third-order valence-corrected chi connectivity index (χ3v) is 0.496. The molecule has 0 rings (SSSR count). The zero-order valence-electron chi connectivity index (χ0n) is 7.72. The zero-order chi connectivity index (χ0) is 8.83. The molecule has 0 saturated heterocycles. The van der Waals surface area contributed by atoms with Crippen LogP contribution in [-0.4, -0.2) is 0 Å². The van der Waals surface area contributed by atoms with Gasteiger partial charge >= 0.3 is 0 Å². The van der Waals surface area contributed by atoms with E-state index >= 15 is 0 Å². The van der Waals surface area contributed by atoms with E-state index in [-0.39, 0.29) is 0 Å². The van der Waals surface area contributed by atoms with Crippen LogP contribution < -0.4 is 0 Å². The summed E-state index contributed by atoms with van der Waals surface area (Å²) in [4.78, 5) is 0. The molecule has 0 aromatic carbocycles. The van der Waals surface area contributed by atoms with Crippen molar-refractivity contribution in [1.82, 2.24) is 0 Å². The Morgan fingerprint density at radius 1 is 0.800 bits per heavy atom. The van der Waals surface area contributed by atoms with E-state index in [1.165, 1.54) is 0 Å². The maximum absolute atomic E-state index is 3.00. The van der Waals surface area contributed by atoms with Gasteiger partial charge in [0.25, 0.3) is 0 Å². The molecule has 10 heavy (non-hydrogen) atoms. The van der Waals surface area contributed by atoms with Crippen molar-refractivity contribution in [2.45, 2.75) is 27.7 Å². The second kappa shape index (κ2) is 41.3. The summed E-state index contributed by atoms with van der Waals surface area (Å²) in [6.07, 6.45) is 8.00. The fraction of sp³-hybridized carbons (Fsp3) is 0.400. The van der Waals surface area contributed by atoms with Crippen molar-refractivity contribution in [2.75, 3.05) is 0 Å². The van der Waals surface area contributed by atoms with Gasteiger partial charge in [0, 0.05) is 0 Å². The maximum atomic E-state index is 3.00. The molecule has 0 heterocycles. The Morgan fingerprint density at radius 3 is 1.10 bits per heavy atom. The lowest BCUT2D eigenvalue weighted by molar-refractivity contribution is 1.50. The summed E-state index contributed by atoms with van der Waals surface area (Å²) in [6, 6.07) is 0. The minimum absolute atomic E-state index is 2.00. The van der Waals surface area contributed by atoms with Gasteiger partial charge < -0.3 is 0 Å². The lowest BCUT2D eigenvalue weighted by Gasteiger charge is -1.62. The van der Waals surface area contributed by atoms with Crippen molar-refractivity contribution in [3.8, 4) is 0 Å². The Labute approximate surface area is 66.0 Å². The highest BCUT2D eigenvalue weighted by molar-refractivity contribution is 4.98. The SMILES string of the molecule is C/C=C\C=C/C.C=C.CC. The highest BCUT2D eigenvalue weighted by atomic mass is 13.6. The molecular weight excluding hydrogens is 120 g/mol. The quantitative estimate of drug-likeness (QED) is 0.382. The summed E-state index contributed by atoms with van der Waals surface area (Å²) < 4.78 is 0. The molecule has 0 aromatic heterocycles. The molecule has 60 valence electrons. The van der Waals surface area contributed by atoms with Gasteiger partial charge in [-0.1, -0.05) is 38.2 Å². The Balaban J connectivity index is -0.000000105. The average molecular weight is 140 g/mol. The second-order valence-corrected chi connectivity index (χ2v) is 1.05. The third kappa shape index (κ3) is 56.7. The normalized spacial score (nSPS) is 8.00. The minimum Gasteiger partial charge on any atom is -0.106 e. The third-order valence-electron chi connectivity index (χ3n) is 0.496. The van der Waals surface area contributed by atoms with Crippen LogP contribution in [0.15, 0.2) is 37.5 Å². The van der Waals surface area contributed by atoms with Crippen LogP contribution in [0.3, 0.4) is 0 Å². The van der Waals surface area contributed by atoms with Gasteiger partial charge in [0.15, 0.2) is 0 Å². The molecule has 0 aliphatic carbocycles. The topological polar surface area (TPSA) is 0 Å². The van der Waals surface area contributed by atoms with E-state index in [0.717, 1.165) is 0 Å². The van der Waals surface area contributed by atoms with E-state index in [1.807, 2.05) is 52.0 Å². The van der Waals surface area contributed by atoms with Crippen molar-refractivity contribution < 1.29 is 0 Å². The Kier molecular flexibility index (Phi) is 66.5. The first-order valence-corrected chi connectivity index (χ1v) is 3.65. The molecule has 0 spiro atoms. The van der Waals surface area contributed by atoms with Gasteiger partial charge in [0.2, 0.25) is 0 Å². The van der Waals surface area contributed by atoms with E-state index in [1.54, 1.807) is 0 Å². The van der Waals surface area contributed by atoms with E-state index in [2.05, 4.69) is 13.2 Å². The summed E-state index contributed by atoms with van der Waals surface area (Å²) in [5, 5.41) is 0. The van der Waals surface area contributed by atoms with Crippen LogP contribution in [-0.2, 0) is 0 Å². The monoisotopic (exact) mass is 140 g/mol. The van der Waals surface area contributed by atoms with Crippen molar-refractivity contribution in [3.63, 3.8) is 0 Å². The summed E-state index contributed by atoms with van der Waals surface area (Å²) in [5.74, 6) is 0. The number of hydrogen-bond acceptors (Lipinski definition) is 0. The molecule has 0 atom stereocenters. The molecule has 0 unspecified atom stereocenters. The molecular formula is C10H20. The van der Waals surface area contributed by atoms with E-state index in [0.29, 0.717) is 0 Å². The average Bonchev–Trinajstić information content (AvgIpc) is 2.08. The minimum atomic E-state index is 2.00. The Bertz CT molecular complexity index is 58.1. The van der Waals surface area contributed by atoms with E-state index < -0.39 is 0 Å². The smallest absolute Gasteiger partial charge is 0.0467 e. The first-order valence-electron chi connectivity index (χ1n) is 3.65. The highest BCUT2D eigenvalue weighted by Gasteiger charge is 1.48. The van der Waals surface area contributed by atoms with Crippen LogP contribution in [0.25, 0.3) is 0 Å². The van der Waals surface area contributed by atoms with Crippen molar-refractivity contribution in [2.24, 2.45) is 0 Å². The van der Waals surface area contributed by atoms with E-state index in [9.17, 15) is 0 Å². The zero-order valence-corrected chi connectivity index (χ0v) is 7.72. The molecule has 0 radical (unpaired) electrons. The molecule has 0 fully saturated rings. The largest absolute Gasteiger partial charge is 0.106 e. The molecule has 0 aromatic rings. The van der Waals surface area contributed by atoms with Gasteiger partial charge in [-0.05, 0) is 13.8 Å².